The first-order valence-corrected chi connectivity index (χ1v) is 6.36. The SMILES string of the molecule is CCCC(CC)CC1CCCCC1. The summed E-state index contributed by atoms with van der Waals surface area (Å²) < 4.78 is 0. The highest BCUT2D eigenvalue weighted by molar-refractivity contribution is 4.69. The smallest absolute Gasteiger partial charge is 0.0412 e. The van der Waals surface area contributed by atoms with Crippen LogP contribution in [-0.2, 0) is 0 Å². The Balaban J connectivity index is 2.18. The fourth-order valence-corrected chi connectivity index (χ4v) is 2.79. The Morgan fingerprint density at radius 1 is 1.08 bits per heavy atom. The maximum atomic E-state index is 2.36. The lowest BCUT2D eigenvalue weighted by atomic mass is 9.81. The van der Waals surface area contributed by atoms with Crippen molar-refractivity contribution in [1.29, 1.82) is 0 Å². The molecule has 13 heavy (non-hydrogen) atoms. The maximum Gasteiger partial charge on any atom is -0.0412 e. The van der Waals surface area contributed by atoms with Crippen molar-refractivity contribution in [3.8, 4) is 0 Å². The average molecular weight is 182 g/mol. The molecule has 1 fully saturated rings. The topological polar surface area (TPSA) is 0 Å². The summed E-state index contributed by atoms with van der Waals surface area (Å²) in [6, 6.07) is 0. The molecule has 1 unspecified atom stereocenters. The summed E-state index contributed by atoms with van der Waals surface area (Å²) in [6.07, 6.45) is 13.4. The van der Waals surface area contributed by atoms with Gasteiger partial charge in [-0.2, -0.15) is 0 Å². The summed E-state index contributed by atoms with van der Waals surface area (Å²) in [7, 11) is 0. The Bertz CT molecular complexity index is 108. The van der Waals surface area contributed by atoms with Crippen LogP contribution in [-0.4, -0.2) is 0 Å². The van der Waals surface area contributed by atoms with Gasteiger partial charge in [-0.05, 0) is 18.3 Å². The van der Waals surface area contributed by atoms with E-state index in [0.29, 0.717) is 0 Å². The van der Waals surface area contributed by atoms with E-state index in [0.717, 1.165) is 11.8 Å². The van der Waals surface area contributed by atoms with Crippen LogP contribution in [0, 0.1) is 11.8 Å². The van der Waals surface area contributed by atoms with Crippen LogP contribution in [0.15, 0.2) is 0 Å². The fourth-order valence-electron chi connectivity index (χ4n) is 2.79. The number of hydrogen-bond acceptors (Lipinski definition) is 0. The summed E-state index contributed by atoms with van der Waals surface area (Å²) in [4.78, 5) is 0. The van der Waals surface area contributed by atoms with Crippen LogP contribution >= 0.6 is 0 Å². The predicted octanol–water partition coefficient (Wildman–Crippen LogP) is 4.78. The van der Waals surface area contributed by atoms with E-state index >= 15 is 0 Å². The minimum atomic E-state index is 1.04. The molecule has 0 aliphatic heterocycles. The summed E-state index contributed by atoms with van der Waals surface area (Å²) in [5.41, 5.74) is 0. The van der Waals surface area contributed by atoms with E-state index in [4.69, 9.17) is 0 Å². The second kappa shape index (κ2) is 6.45. The van der Waals surface area contributed by atoms with Crippen LogP contribution in [0.1, 0.15) is 71.6 Å². The van der Waals surface area contributed by atoms with E-state index in [1.165, 1.54) is 57.8 Å². The van der Waals surface area contributed by atoms with Gasteiger partial charge in [0.25, 0.3) is 0 Å². The maximum absolute atomic E-state index is 2.36. The minimum Gasteiger partial charge on any atom is -0.0654 e. The largest absolute Gasteiger partial charge is 0.0654 e. The molecular formula is C13H26. The van der Waals surface area contributed by atoms with Crippen molar-refractivity contribution >= 4 is 0 Å². The van der Waals surface area contributed by atoms with Crippen molar-refractivity contribution in [3.63, 3.8) is 0 Å². The first-order chi connectivity index (χ1) is 6.36. The molecule has 0 N–H and O–H groups in total. The summed E-state index contributed by atoms with van der Waals surface area (Å²) in [5, 5.41) is 0. The van der Waals surface area contributed by atoms with Gasteiger partial charge in [-0.1, -0.05) is 65.2 Å². The molecule has 1 saturated carbocycles. The molecule has 0 nitrogen and oxygen atoms in total. The summed E-state index contributed by atoms with van der Waals surface area (Å²) in [5.74, 6) is 2.12. The second-order valence-corrected chi connectivity index (χ2v) is 4.80. The molecule has 0 aromatic heterocycles. The molecule has 0 heteroatoms. The third-order valence-electron chi connectivity index (χ3n) is 3.67. The Kier molecular flexibility index (Phi) is 5.50. The van der Waals surface area contributed by atoms with Crippen LogP contribution in [0.3, 0.4) is 0 Å². The van der Waals surface area contributed by atoms with Gasteiger partial charge in [-0.25, -0.2) is 0 Å². The van der Waals surface area contributed by atoms with Crippen molar-refractivity contribution in [2.45, 2.75) is 71.6 Å². The molecule has 1 aliphatic carbocycles. The number of hydrogen-bond donors (Lipinski definition) is 0. The Morgan fingerprint density at radius 2 is 1.77 bits per heavy atom. The normalized spacial score (nSPS) is 21.7. The zero-order valence-electron chi connectivity index (χ0n) is 9.52. The Hall–Kier alpha value is 0. The van der Waals surface area contributed by atoms with Gasteiger partial charge in [0, 0.05) is 0 Å². The lowest BCUT2D eigenvalue weighted by Crippen LogP contribution is -2.11. The van der Waals surface area contributed by atoms with Gasteiger partial charge < -0.3 is 0 Å². The standard InChI is InChI=1S/C13H26/c1-3-8-12(4-2)11-13-9-6-5-7-10-13/h12-13H,3-11H2,1-2H3. The highest BCUT2D eigenvalue weighted by Gasteiger charge is 2.17. The van der Waals surface area contributed by atoms with Gasteiger partial charge in [0.15, 0.2) is 0 Å². The quantitative estimate of drug-likeness (QED) is 0.574. The predicted molar refractivity (Wildman–Crippen MR) is 59.9 cm³/mol. The van der Waals surface area contributed by atoms with E-state index < -0.39 is 0 Å². The molecule has 0 spiro atoms. The lowest BCUT2D eigenvalue weighted by Gasteiger charge is -2.25. The van der Waals surface area contributed by atoms with Gasteiger partial charge in [0.1, 0.15) is 0 Å². The molecule has 0 bridgehead atoms. The first-order valence-electron chi connectivity index (χ1n) is 6.36. The summed E-state index contributed by atoms with van der Waals surface area (Å²) in [6.45, 7) is 4.69. The second-order valence-electron chi connectivity index (χ2n) is 4.80. The molecule has 1 aliphatic rings. The van der Waals surface area contributed by atoms with E-state index in [2.05, 4.69) is 13.8 Å². The van der Waals surface area contributed by atoms with Crippen molar-refractivity contribution in [3.05, 3.63) is 0 Å². The molecule has 0 amide bonds. The van der Waals surface area contributed by atoms with Gasteiger partial charge >= 0.3 is 0 Å². The molecule has 0 radical (unpaired) electrons. The van der Waals surface area contributed by atoms with E-state index in [9.17, 15) is 0 Å². The zero-order valence-corrected chi connectivity index (χ0v) is 9.52. The van der Waals surface area contributed by atoms with E-state index in [-0.39, 0.29) is 0 Å². The highest BCUT2D eigenvalue weighted by atomic mass is 14.2. The molecule has 1 atom stereocenters. The first kappa shape index (κ1) is 11.1. The molecule has 1 rings (SSSR count). The van der Waals surface area contributed by atoms with E-state index in [1.807, 2.05) is 0 Å². The minimum absolute atomic E-state index is 1.04. The van der Waals surface area contributed by atoms with Crippen LogP contribution in [0.2, 0.25) is 0 Å². The zero-order chi connectivity index (χ0) is 9.52. The average Bonchev–Trinajstić information content (AvgIpc) is 2.19. The van der Waals surface area contributed by atoms with Crippen molar-refractivity contribution in [2.24, 2.45) is 11.8 Å². The van der Waals surface area contributed by atoms with Gasteiger partial charge in [0.05, 0.1) is 0 Å². The third kappa shape index (κ3) is 4.15. The Morgan fingerprint density at radius 3 is 2.31 bits per heavy atom. The molecule has 0 aromatic carbocycles. The van der Waals surface area contributed by atoms with Crippen LogP contribution in [0.4, 0.5) is 0 Å². The van der Waals surface area contributed by atoms with Crippen molar-refractivity contribution in [1.82, 2.24) is 0 Å². The van der Waals surface area contributed by atoms with Crippen molar-refractivity contribution in [2.75, 3.05) is 0 Å². The number of rotatable bonds is 5. The van der Waals surface area contributed by atoms with Crippen LogP contribution < -0.4 is 0 Å². The third-order valence-corrected chi connectivity index (χ3v) is 3.67. The Labute approximate surface area is 84.1 Å². The van der Waals surface area contributed by atoms with Gasteiger partial charge in [-0.15, -0.1) is 0 Å². The van der Waals surface area contributed by atoms with Gasteiger partial charge in [-0.3, -0.25) is 0 Å². The highest BCUT2D eigenvalue weighted by Crippen LogP contribution is 2.31. The molecule has 0 saturated heterocycles. The lowest BCUT2D eigenvalue weighted by molar-refractivity contribution is 0.273. The molecular weight excluding hydrogens is 156 g/mol. The monoisotopic (exact) mass is 182 g/mol. The van der Waals surface area contributed by atoms with Crippen LogP contribution in [0.5, 0.6) is 0 Å². The molecule has 0 aromatic rings. The van der Waals surface area contributed by atoms with Gasteiger partial charge in [0.2, 0.25) is 0 Å². The summed E-state index contributed by atoms with van der Waals surface area (Å²) >= 11 is 0. The van der Waals surface area contributed by atoms with E-state index in [1.54, 1.807) is 0 Å². The molecule has 0 heterocycles. The van der Waals surface area contributed by atoms with Crippen LogP contribution in [0.25, 0.3) is 0 Å². The van der Waals surface area contributed by atoms with Crippen molar-refractivity contribution < 1.29 is 0 Å². The fraction of sp³-hybridized carbons (Fsp3) is 1.00. The molecule has 78 valence electrons.